The largest absolute Gasteiger partial charge is 0.381 e. The van der Waals surface area contributed by atoms with Crippen LogP contribution < -0.4 is 15.5 Å². The average Bonchev–Trinajstić information content (AvgIpc) is 3.28. The minimum absolute atomic E-state index is 0. The molecule has 8 heteroatoms. The molecule has 1 aromatic heterocycles. The molecule has 156 valence electrons. The van der Waals surface area contributed by atoms with Crippen LogP contribution >= 0.6 is 35.3 Å². The number of anilines is 1. The highest BCUT2D eigenvalue weighted by molar-refractivity contribution is 14.0. The second-order valence-corrected chi connectivity index (χ2v) is 7.91. The number of hydrogen-bond acceptors (Lipinski definition) is 5. The number of halogens is 1. The van der Waals surface area contributed by atoms with Crippen molar-refractivity contribution in [3.05, 3.63) is 11.1 Å². The maximum absolute atomic E-state index is 5.60. The van der Waals surface area contributed by atoms with E-state index in [1.165, 1.54) is 23.7 Å². The van der Waals surface area contributed by atoms with Crippen LogP contribution in [0.25, 0.3) is 0 Å². The van der Waals surface area contributed by atoms with Gasteiger partial charge in [0.05, 0.1) is 5.69 Å². The molecule has 0 atom stereocenters. The third-order valence-corrected chi connectivity index (χ3v) is 5.05. The highest BCUT2D eigenvalue weighted by atomic mass is 127. The fourth-order valence-electron chi connectivity index (χ4n) is 2.79. The number of nitrogens with one attached hydrogen (secondary N) is 2. The van der Waals surface area contributed by atoms with Crippen LogP contribution in [0.2, 0.25) is 0 Å². The third kappa shape index (κ3) is 9.94. The molecule has 0 amide bonds. The third-order valence-electron chi connectivity index (χ3n) is 4.10. The molecule has 1 aliphatic heterocycles. The summed E-state index contributed by atoms with van der Waals surface area (Å²) in [6.45, 7) is 12.8. The lowest BCUT2D eigenvalue weighted by Gasteiger charge is -2.12. The van der Waals surface area contributed by atoms with E-state index < -0.39 is 0 Å². The Labute approximate surface area is 185 Å². The summed E-state index contributed by atoms with van der Waals surface area (Å²) < 4.78 is 5.60. The van der Waals surface area contributed by atoms with E-state index in [0.717, 1.165) is 64.7 Å². The molecule has 0 bridgehead atoms. The number of ether oxygens (including phenoxy) is 1. The first-order valence-corrected chi connectivity index (χ1v) is 10.9. The summed E-state index contributed by atoms with van der Waals surface area (Å²) in [7, 11) is 0. The van der Waals surface area contributed by atoms with Gasteiger partial charge < -0.3 is 20.3 Å². The topological polar surface area (TPSA) is 61.8 Å². The van der Waals surface area contributed by atoms with Gasteiger partial charge in [-0.3, -0.25) is 4.99 Å². The average molecular weight is 510 g/mol. The highest BCUT2D eigenvalue weighted by Crippen LogP contribution is 2.24. The molecule has 1 fully saturated rings. The fourth-order valence-corrected chi connectivity index (χ4v) is 3.71. The quantitative estimate of drug-likeness (QED) is 0.207. The number of nitrogens with zero attached hydrogens (tertiary/aromatic N) is 3. The van der Waals surface area contributed by atoms with E-state index in [-0.39, 0.29) is 24.0 Å². The number of aromatic nitrogens is 1. The lowest BCUT2D eigenvalue weighted by molar-refractivity contribution is 0.109. The second-order valence-electron chi connectivity index (χ2n) is 7.08. The van der Waals surface area contributed by atoms with Crippen molar-refractivity contribution in [3.63, 3.8) is 0 Å². The number of thiazole rings is 1. The molecule has 2 rings (SSSR count). The van der Waals surface area contributed by atoms with Crippen LogP contribution in [-0.2, 0) is 11.2 Å². The predicted molar refractivity (Wildman–Crippen MR) is 127 cm³/mol. The molecule has 2 N–H and O–H groups in total. The van der Waals surface area contributed by atoms with Gasteiger partial charge in [0.15, 0.2) is 11.1 Å². The lowest BCUT2D eigenvalue weighted by atomic mass is 10.2. The van der Waals surface area contributed by atoms with E-state index >= 15 is 0 Å². The zero-order valence-electron chi connectivity index (χ0n) is 17.0. The Balaban J connectivity index is 0.00000364. The monoisotopic (exact) mass is 509 g/mol. The molecule has 1 saturated heterocycles. The smallest absolute Gasteiger partial charge is 0.191 e. The van der Waals surface area contributed by atoms with Crippen molar-refractivity contribution in [2.75, 3.05) is 50.8 Å². The molecule has 6 nitrogen and oxygen atoms in total. The highest BCUT2D eigenvalue weighted by Gasteiger charge is 2.15. The maximum Gasteiger partial charge on any atom is 0.191 e. The molecule has 0 aliphatic carbocycles. The SMILES string of the molecule is CCNC(=NCCCOCC(C)C)NCCc1csc(N2CCCC2)n1.I. The summed E-state index contributed by atoms with van der Waals surface area (Å²) in [6.07, 6.45) is 4.46. The van der Waals surface area contributed by atoms with Gasteiger partial charge in [-0.2, -0.15) is 0 Å². The standard InChI is InChI=1S/C19H35N5OS.HI/c1-4-20-18(21-9-7-13-25-14-16(2)3)22-10-8-17-15-26-19(23-17)24-11-5-6-12-24;/h15-16H,4-14H2,1-3H3,(H2,20,21,22);1H. The Morgan fingerprint density at radius 2 is 2.11 bits per heavy atom. The van der Waals surface area contributed by atoms with Crippen molar-refractivity contribution >= 4 is 46.4 Å². The molecule has 0 radical (unpaired) electrons. The van der Waals surface area contributed by atoms with E-state index in [9.17, 15) is 0 Å². The molecule has 27 heavy (non-hydrogen) atoms. The predicted octanol–water partition coefficient (Wildman–Crippen LogP) is 3.52. The minimum Gasteiger partial charge on any atom is -0.381 e. The van der Waals surface area contributed by atoms with Gasteiger partial charge in [-0.25, -0.2) is 4.98 Å². The number of guanidine groups is 1. The Morgan fingerprint density at radius 1 is 1.33 bits per heavy atom. The summed E-state index contributed by atoms with van der Waals surface area (Å²) >= 11 is 1.77. The second kappa shape index (κ2) is 14.4. The van der Waals surface area contributed by atoms with Gasteiger partial charge in [-0.15, -0.1) is 35.3 Å². The van der Waals surface area contributed by atoms with Crippen LogP contribution in [0.4, 0.5) is 5.13 Å². The van der Waals surface area contributed by atoms with E-state index in [1.54, 1.807) is 11.3 Å². The number of hydrogen-bond donors (Lipinski definition) is 2. The molecule has 1 aromatic rings. The van der Waals surface area contributed by atoms with E-state index in [4.69, 9.17) is 9.72 Å². The van der Waals surface area contributed by atoms with Crippen molar-refractivity contribution in [2.45, 2.75) is 46.5 Å². The zero-order valence-corrected chi connectivity index (χ0v) is 20.1. The van der Waals surface area contributed by atoms with Crippen LogP contribution in [0.3, 0.4) is 0 Å². The summed E-state index contributed by atoms with van der Waals surface area (Å²) in [5.41, 5.74) is 1.17. The number of rotatable bonds is 11. The van der Waals surface area contributed by atoms with Crippen molar-refractivity contribution in [2.24, 2.45) is 10.9 Å². The molecule has 2 heterocycles. The molecular formula is C19H36IN5OS. The first kappa shape index (κ1) is 24.4. The van der Waals surface area contributed by atoms with Gasteiger partial charge >= 0.3 is 0 Å². The molecule has 1 aliphatic rings. The summed E-state index contributed by atoms with van der Waals surface area (Å²) in [4.78, 5) is 11.8. The van der Waals surface area contributed by atoms with E-state index in [2.05, 4.69) is 46.7 Å². The van der Waals surface area contributed by atoms with Crippen molar-refractivity contribution in [1.29, 1.82) is 0 Å². The summed E-state index contributed by atoms with van der Waals surface area (Å²) in [6, 6.07) is 0. The molecular weight excluding hydrogens is 473 g/mol. The normalized spacial score (nSPS) is 14.5. The van der Waals surface area contributed by atoms with E-state index in [1.807, 2.05) is 0 Å². The number of aliphatic imine (C=N–C) groups is 1. The molecule has 0 aromatic carbocycles. The molecule has 0 spiro atoms. The summed E-state index contributed by atoms with van der Waals surface area (Å²) in [5, 5.41) is 10.1. The Bertz CT molecular complexity index is 532. The van der Waals surface area contributed by atoms with Crippen LogP contribution in [0.5, 0.6) is 0 Å². The van der Waals surface area contributed by atoms with Crippen LogP contribution in [0.15, 0.2) is 10.4 Å². The van der Waals surface area contributed by atoms with Gasteiger partial charge in [0.1, 0.15) is 0 Å². The van der Waals surface area contributed by atoms with Crippen LogP contribution in [0, 0.1) is 5.92 Å². The Morgan fingerprint density at radius 3 is 2.81 bits per heavy atom. The van der Waals surface area contributed by atoms with Crippen molar-refractivity contribution in [3.8, 4) is 0 Å². The van der Waals surface area contributed by atoms with Gasteiger partial charge in [-0.1, -0.05) is 13.8 Å². The Kier molecular flexibility index (Phi) is 13.0. The zero-order chi connectivity index (χ0) is 18.6. The first-order valence-electron chi connectivity index (χ1n) is 9.98. The van der Waals surface area contributed by atoms with Gasteiger partial charge in [0, 0.05) is 57.7 Å². The van der Waals surface area contributed by atoms with E-state index in [0.29, 0.717) is 5.92 Å². The minimum atomic E-state index is 0. The fraction of sp³-hybridized carbons (Fsp3) is 0.789. The van der Waals surface area contributed by atoms with Crippen LogP contribution in [-0.4, -0.2) is 56.9 Å². The van der Waals surface area contributed by atoms with Gasteiger partial charge in [0.25, 0.3) is 0 Å². The van der Waals surface area contributed by atoms with Crippen molar-refractivity contribution in [1.82, 2.24) is 15.6 Å². The Hall–Kier alpha value is -0.610. The first-order chi connectivity index (χ1) is 12.7. The summed E-state index contributed by atoms with van der Waals surface area (Å²) in [5.74, 6) is 1.47. The van der Waals surface area contributed by atoms with Crippen LogP contribution in [0.1, 0.15) is 45.7 Å². The lowest BCUT2D eigenvalue weighted by Crippen LogP contribution is -2.38. The molecule has 0 saturated carbocycles. The molecule has 0 unspecified atom stereocenters. The maximum atomic E-state index is 5.60. The van der Waals surface area contributed by atoms with Crippen molar-refractivity contribution < 1.29 is 4.74 Å². The van der Waals surface area contributed by atoms with Gasteiger partial charge in [0.2, 0.25) is 0 Å². The van der Waals surface area contributed by atoms with Gasteiger partial charge in [-0.05, 0) is 32.1 Å².